The fraction of sp³-hybridized carbons (Fsp3) is 0.143. The first-order valence-corrected chi connectivity index (χ1v) is 9.26. The first kappa shape index (κ1) is 21.9. The molecule has 0 radical (unpaired) electrons. The molecule has 2 aromatic carbocycles. The predicted molar refractivity (Wildman–Crippen MR) is 113 cm³/mol. The molecule has 0 atom stereocenters. The van der Waals surface area contributed by atoms with E-state index in [4.69, 9.17) is 16.3 Å². The second-order valence-corrected chi connectivity index (χ2v) is 6.43. The molecule has 7 nitrogen and oxygen atoms in total. The second kappa shape index (κ2) is 9.81. The van der Waals surface area contributed by atoms with Gasteiger partial charge in [-0.1, -0.05) is 12.1 Å². The van der Waals surface area contributed by atoms with Gasteiger partial charge in [0.2, 0.25) is 0 Å². The molecule has 0 aliphatic rings. The van der Waals surface area contributed by atoms with Crippen molar-refractivity contribution in [1.82, 2.24) is 10.1 Å². The van der Waals surface area contributed by atoms with Gasteiger partial charge in [-0.15, -0.1) is 5.10 Å². The Morgan fingerprint density at radius 3 is 2.48 bits per heavy atom. The van der Waals surface area contributed by atoms with Crippen LogP contribution in [0.2, 0.25) is 0 Å². The zero-order chi connectivity index (χ0) is 22.3. The van der Waals surface area contributed by atoms with Crippen molar-refractivity contribution in [2.24, 2.45) is 16.7 Å². The summed E-state index contributed by atoms with van der Waals surface area (Å²) in [7, 11) is 0. The minimum absolute atomic E-state index is 0.138. The number of hydrazone groups is 1. The van der Waals surface area contributed by atoms with E-state index < -0.39 is 11.7 Å². The molecule has 0 aliphatic heterocycles. The van der Waals surface area contributed by atoms with E-state index in [1.807, 2.05) is 0 Å². The van der Waals surface area contributed by atoms with Gasteiger partial charge in [0.15, 0.2) is 5.84 Å². The van der Waals surface area contributed by atoms with E-state index in [2.05, 4.69) is 15.4 Å². The number of anilines is 2. The van der Waals surface area contributed by atoms with Crippen LogP contribution in [0.5, 0.6) is 5.75 Å². The van der Waals surface area contributed by atoms with E-state index in [1.165, 1.54) is 12.1 Å². The molecule has 162 valence electrons. The summed E-state index contributed by atoms with van der Waals surface area (Å²) in [6, 6.07) is 15.2. The molecule has 10 heteroatoms. The summed E-state index contributed by atoms with van der Waals surface area (Å²) in [6.45, 7) is 0.536. The number of nitrogens with zero attached hydrogens (tertiary/aromatic N) is 3. The lowest BCUT2D eigenvalue weighted by molar-refractivity contribution is -0.137. The van der Waals surface area contributed by atoms with Crippen molar-refractivity contribution in [3.8, 4) is 5.75 Å². The third kappa shape index (κ3) is 6.34. The molecule has 1 heterocycles. The monoisotopic (exact) mass is 430 g/mol. The average Bonchev–Trinajstić information content (AvgIpc) is 2.74. The molecule has 0 fully saturated rings. The van der Waals surface area contributed by atoms with Gasteiger partial charge in [0.25, 0.3) is 0 Å². The van der Waals surface area contributed by atoms with E-state index in [0.717, 1.165) is 17.3 Å². The number of halogens is 3. The first-order valence-electron chi connectivity index (χ1n) is 9.26. The quantitative estimate of drug-likeness (QED) is 0.218. The number of pyridine rings is 1. The molecule has 0 saturated heterocycles. The summed E-state index contributed by atoms with van der Waals surface area (Å²) in [5.41, 5.74) is 6.98. The van der Waals surface area contributed by atoms with Crippen molar-refractivity contribution in [3.63, 3.8) is 0 Å². The van der Waals surface area contributed by atoms with Crippen LogP contribution >= 0.6 is 0 Å². The summed E-state index contributed by atoms with van der Waals surface area (Å²) in [5.74, 6) is 6.63. The first-order chi connectivity index (χ1) is 14.8. The number of amidine groups is 1. The highest BCUT2D eigenvalue weighted by Crippen LogP contribution is 2.30. The van der Waals surface area contributed by atoms with Crippen LogP contribution in [0, 0.1) is 0 Å². The van der Waals surface area contributed by atoms with Crippen LogP contribution in [0.3, 0.4) is 0 Å². The molecule has 0 amide bonds. The van der Waals surface area contributed by atoms with Gasteiger partial charge in [0, 0.05) is 23.1 Å². The van der Waals surface area contributed by atoms with Crippen LogP contribution in [-0.4, -0.2) is 29.1 Å². The Morgan fingerprint density at radius 2 is 1.81 bits per heavy atom. The lowest BCUT2D eigenvalue weighted by atomic mass is 10.1. The third-order valence-corrected chi connectivity index (χ3v) is 4.15. The van der Waals surface area contributed by atoms with Gasteiger partial charge in [0.1, 0.15) is 12.4 Å². The molecule has 0 saturated carbocycles. The lowest BCUT2D eigenvalue weighted by Crippen LogP contribution is -2.33. The summed E-state index contributed by atoms with van der Waals surface area (Å²) in [6.07, 6.45) is -1.16. The van der Waals surface area contributed by atoms with Gasteiger partial charge >= 0.3 is 6.18 Å². The van der Waals surface area contributed by atoms with Crippen LogP contribution in [-0.2, 0) is 6.18 Å². The maximum atomic E-state index is 12.7. The highest BCUT2D eigenvalue weighted by Gasteiger charge is 2.29. The van der Waals surface area contributed by atoms with Gasteiger partial charge in [-0.3, -0.25) is 4.98 Å². The fourth-order valence-corrected chi connectivity index (χ4v) is 2.65. The molecule has 0 spiro atoms. The smallest absolute Gasteiger partial charge is 0.416 e. The molecule has 0 bridgehead atoms. The van der Waals surface area contributed by atoms with E-state index in [9.17, 15) is 13.2 Å². The number of alkyl halides is 3. The topological polar surface area (TPSA) is 102 Å². The Hall–Kier alpha value is -3.79. The highest BCUT2D eigenvalue weighted by molar-refractivity contribution is 6.02. The molecular weight excluding hydrogens is 409 g/mol. The van der Waals surface area contributed by atoms with Crippen LogP contribution in [0.25, 0.3) is 0 Å². The zero-order valence-corrected chi connectivity index (χ0v) is 16.4. The summed E-state index contributed by atoms with van der Waals surface area (Å²) in [5, 5.41) is 8.35. The Bertz CT molecular complexity index is 1010. The maximum Gasteiger partial charge on any atom is 0.416 e. The Kier molecular flexibility index (Phi) is 6.93. The normalized spacial score (nSPS) is 11.8. The van der Waals surface area contributed by atoms with Crippen LogP contribution < -0.4 is 21.6 Å². The Labute approximate surface area is 177 Å². The number of rotatable bonds is 8. The largest absolute Gasteiger partial charge is 0.490 e. The number of para-hydroxylation sites is 1. The number of hydrogen-bond donors (Lipinski definition) is 3. The summed E-state index contributed by atoms with van der Waals surface area (Å²) >= 11 is 0. The Balaban J connectivity index is 1.65. The summed E-state index contributed by atoms with van der Waals surface area (Å²) < 4.78 is 43.7. The molecule has 3 aromatic rings. The number of hydrogen-bond acceptors (Lipinski definition) is 6. The van der Waals surface area contributed by atoms with E-state index >= 15 is 0 Å². The SMILES string of the molecule is N/C(=N\N(N)CCOc1cccnc1)c1ccccc1Nc1ccc(C(F)(F)F)cc1. The molecule has 5 N–H and O–H groups in total. The minimum Gasteiger partial charge on any atom is -0.490 e. The highest BCUT2D eigenvalue weighted by atomic mass is 19.4. The second-order valence-electron chi connectivity index (χ2n) is 6.43. The number of ether oxygens (including phenoxy) is 1. The van der Waals surface area contributed by atoms with Gasteiger partial charge < -0.3 is 15.8 Å². The van der Waals surface area contributed by atoms with Crippen molar-refractivity contribution < 1.29 is 17.9 Å². The molecule has 0 aliphatic carbocycles. The van der Waals surface area contributed by atoms with Gasteiger partial charge in [0.05, 0.1) is 18.3 Å². The summed E-state index contributed by atoms with van der Waals surface area (Å²) in [4.78, 5) is 3.95. The molecule has 31 heavy (non-hydrogen) atoms. The van der Waals surface area contributed by atoms with Crippen molar-refractivity contribution in [2.45, 2.75) is 6.18 Å². The predicted octanol–water partition coefficient (Wildman–Crippen LogP) is 3.72. The van der Waals surface area contributed by atoms with E-state index in [0.29, 0.717) is 22.7 Å². The Morgan fingerprint density at radius 1 is 1.06 bits per heavy atom. The van der Waals surface area contributed by atoms with Crippen LogP contribution in [0.4, 0.5) is 24.5 Å². The standard InChI is InChI=1S/C21H21F3N6O/c22-21(23,24)15-7-9-16(10-8-15)28-19-6-2-1-5-18(19)20(25)29-30(26)12-13-31-17-4-3-11-27-14-17/h1-11,14,28H,12-13,26H2,(H2,25,29). The third-order valence-electron chi connectivity index (χ3n) is 4.15. The van der Waals surface area contributed by atoms with Crippen LogP contribution in [0.1, 0.15) is 11.1 Å². The molecule has 3 rings (SSSR count). The zero-order valence-electron chi connectivity index (χ0n) is 16.4. The van der Waals surface area contributed by atoms with Gasteiger partial charge in [-0.25, -0.2) is 11.0 Å². The number of nitrogens with two attached hydrogens (primary N) is 2. The van der Waals surface area contributed by atoms with Gasteiger partial charge in [-0.05, 0) is 48.5 Å². The number of nitrogens with one attached hydrogen (secondary N) is 1. The lowest BCUT2D eigenvalue weighted by Gasteiger charge is -2.16. The van der Waals surface area contributed by atoms with Crippen molar-refractivity contribution in [2.75, 3.05) is 18.5 Å². The van der Waals surface area contributed by atoms with Crippen molar-refractivity contribution >= 4 is 17.2 Å². The fourth-order valence-electron chi connectivity index (χ4n) is 2.65. The molecule has 0 unspecified atom stereocenters. The maximum absolute atomic E-state index is 12.7. The van der Waals surface area contributed by atoms with Crippen LogP contribution in [0.15, 0.2) is 78.2 Å². The average molecular weight is 430 g/mol. The minimum atomic E-state index is -4.39. The number of aromatic nitrogens is 1. The molecule has 1 aromatic heterocycles. The van der Waals surface area contributed by atoms with E-state index in [1.54, 1.807) is 48.8 Å². The number of benzene rings is 2. The van der Waals surface area contributed by atoms with Crippen molar-refractivity contribution in [1.29, 1.82) is 0 Å². The van der Waals surface area contributed by atoms with E-state index in [-0.39, 0.29) is 19.0 Å². The number of hydrazine groups is 1. The van der Waals surface area contributed by atoms with Crippen molar-refractivity contribution in [3.05, 3.63) is 84.2 Å². The molecular formula is C21H21F3N6O. The van der Waals surface area contributed by atoms with Gasteiger partial charge in [-0.2, -0.15) is 13.2 Å².